The van der Waals surface area contributed by atoms with E-state index in [-0.39, 0.29) is 5.69 Å². The molecule has 0 saturated carbocycles. The van der Waals surface area contributed by atoms with E-state index in [9.17, 15) is 4.79 Å². The Hall–Kier alpha value is -1.61. The summed E-state index contributed by atoms with van der Waals surface area (Å²) in [5, 5.41) is 2.21. The molecule has 1 amide bonds. The molecule has 2 N–H and O–H groups in total. The first-order valence-electron chi connectivity index (χ1n) is 4.02. The average molecular weight is 207 g/mol. The summed E-state index contributed by atoms with van der Waals surface area (Å²) in [6.07, 6.45) is 1.54. The minimum Gasteiger partial charge on any atom is -0.364 e. The van der Waals surface area contributed by atoms with Crippen LogP contribution in [0.2, 0.25) is 5.02 Å². The van der Waals surface area contributed by atoms with E-state index in [1.54, 1.807) is 30.5 Å². The molecule has 4 heteroatoms. The third-order valence-electron chi connectivity index (χ3n) is 1.96. The topological polar surface area (TPSA) is 56.0 Å². The van der Waals surface area contributed by atoms with Gasteiger partial charge in [-0.05, 0) is 23.6 Å². The highest BCUT2D eigenvalue weighted by Gasteiger charge is 2.07. The predicted octanol–water partition coefficient (Wildman–Crippen LogP) is 1.99. The SMILES string of the molecule is NC(=O)c1nccc2cc(Cl)ccc12. The molecule has 2 rings (SSSR count). The van der Waals surface area contributed by atoms with Crippen molar-refractivity contribution in [3.05, 3.63) is 41.2 Å². The van der Waals surface area contributed by atoms with E-state index in [1.807, 2.05) is 0 Å². The molecule has 3 nitrogen and oxygen atoms in total. The molecule has 0 spiro atoms. The molecule has 0 aliphatic rings. The number of aromatic nitrogens is 1. The third kappa shape index (κ3) is 1.42. The summed E-state index contributed by atoms with van der Waals surface area (Å²) in [7, 11) is 0. The lowest BCUT2D eigenvalue weighted by Crippen LogP contribution is -2.13. The number of amides is 1. The van der Waals surface area contributed by atoms with E-state index < -0.39 is 5.91 Å². The van der Waals surface area contributed by atoms with Crippen LogP contribution in [0.4, 0.5) is 0 Å². The van der Waals surface area contributed by atoms with Crippen LogP contribution in [0.3, 0.4) is 0 Å². The van der Waals surface area contributed by atoms with Gasteiger partial charge in [-0.2, -0.15) is 0 Å². The largest absolute Gasteiger partial charge is 0.364 e. The van der Waals surface area contributed by atoms with Crippen molar-refractivity contribution in [1.29, 1.82) is 0 Å². The van der Waals surface area contributed by atoms with Crippen molar-refractivity contribution in [2.24, 2.45) is 5.73 Å². The highest BCUT2D eigenvalue weighted by Crippen LogP contribution is 2.20. The number of carbonyl (C=O) groups is 1. The van der Waals surface area contributed by atoms with Gasteiger partial charge < -0.3 is 5.73 Å². The van der Waals surface area contributed by atoms with Crippen molar-refractivity contribution in [1.82, 2.24) is 4.98 Å². The second-order valence-corrected chi connectivity index (χ2v) is 3.33. The van der Waals surface area contributed by atoms with Crippen LogP contribution in [0.1, 0.15) is 10.5 Å². The predicted molar refractivity (Wildman–Crippen MR) is 55.3 cm³/mol. The van der Waals surface area contributed by atoms with Gasteiger partial charge >= 0.3 is 0 Å². The van der Waals surface area contributed by atoms with Crippen LogP contribution in [0, 0.1) is 0 Å². The fraction of sp³-hybridized carbons (Fsp3) is 0. The Bertz CT molecular complexity index is 510. The van der Waals surface area contributed by atoms with Crippen LogP contribution in [-0.2, 0) is 0 Å². The van der Waals surface area contributed by atoms with Gasteiger partial charge in [0.2, 0.25) is 0 Å². The minimum atomic E-state index is -0.530. The van der Waals surface area contributed by atoms with Gasteiger partial charge in [0.1, 0.15) is 5.69 Å². The molecule has 0 aliphatic heterocycles. The lowest BCUT2D eigenvalue weighted by molar-refractivity contribution is 0.0997. The quantitative estimate of drug-likeness (QED) is 0.776. The molecular weight excluding hydrogens is 200 g/mol. The number of rotatable bonds is 1. The summed E-state index contributed by atoms with van der Waals surface area (Å²) in [5.41, 5.74) is 5.46. The Kier molecular flexibility index (Phi) is 2.09. The molecule has 0 radical (unpaired) electrons. The van der Waals surface area contributed by atoms with Crippen molar-refractivity contribution >= 4 is 28.3 Å². The number of carbonyl (C=O) groups excluding carboxylic acids is 1. The van der Waals surface area contributed by atoms with Crippen molar-refractivity contribution in [3.8, 4) is 0 Å². The number of fused-ring (bicyclic) bond motifs is 1. The Morgan fingerprint density at radius 1 is 1.36 bits per heavy atom. The first-order valence-corrected chi connectivity index (χ1v) is 4.40. The highest BCUT2D eigenvalue weighted by atomic mass is 35.5. The van der Waals surface area contributed by atoms with Crippen LogP contribution < -0.4 is 5.73 Å². The summed E-state index contributed by atoms with van der Waals surface area (Å²) in [5.74, 6) is -0.530. The molecule has 70 valence electrons. The van der Waals surface area contributed by atoms with Gasteiger partial charge in [-0.3, -0.25) is 9.78 Å². The van der Waals surface area contributed by atoms with E-state index in [4.69, 9.17) is 17.3 Å². The summed E-state index contributed by atoms with van der Waals surface area (Å²) >= 11 is 5.81. The van der Waals surface area contributed by atoms with Crippen LogP contribution in [0.15, 0.2) is 30.5 Å². The van der Waals surface area contributed by atoms with E-state index >= 15 is 0 Å². The summed E-state index contributed by atoms with van der Waals surface area (Å²) in [6, 6.07) is 7.00. The standard InChI is InChI=1S/C10H7ClN2O/c11-7-1-2-8-6(5-7)3-4-13-9(8)10(12)14/h1-5H,(H2,12,14). The number of hydrogen-bond donors (Lipinski definition) is 1. The molecule has 2 aromatic rings. The van der Waals surface area contributed by atoms with Crippen LogP contribution >= 0.6 is 11.6 Å². The van der Waals surface area contributed by atoms with E-state index in [0.717, 1.165) is 10.8 Å². The summed E-state index contributed by atoms with van der Waals surface area (Å²) < 4.78 is 0. The van der Waals surface area contributed by atoms with Gasteiger partial charge in [0.25, 0.3) is 5.91 Å². The lowest BCUT2D eigenvalue weighted by atomic mass is 10.1. The van der Waals surface area contributed by atoms with Crippen molar-refractivity contribution in [2.45, 2.75) is 0 Å². The number of halogens is 1. The maximum Gasteiger partial charge on any atom is 0.267 e. The van der Waals surface area contributed by atoms with Gasteiger partial charge in [0.15, 0.2) is 0 Å². The zero-order valence-corrected chi connectivity index (χ0v) is 7.95. The smallest absolute Gasteiger partial charge is 0.267 e. The number of benzene rings is 1. The van der Waals surface area contributed by atoms with Gasteiger partial charge in [-0.15, -0.1) is 0 Å². The molecule has 0 saturated heterocycles. The molecule has 14 heavy (non-hydrogen) atoms. The van der Waals surface area contributed by atoms with Crippen LogP contribution in [0.5, 0.6) is 0 Å². The molecular formula is C10H7ClN2O. The number of hydrogen-bond acceptors (Lipinski definition) is 2. The fourth-order valence-electron chi connectivity index (χ4n) is 1.35. The van der Waals surface area contributed by atoms with Crippen molar-refractivity contribution < 1.29 is 4.79 Å². The van der Waals surface area contributed by atoms with Gasteiger partial charge in [-0.1, -0.05) is 17.7 Å². The van der Waals surface area contributed by atoms with Crippen molar-refractivity contribution in [2.75, 3.05) is 0 Å². The van der Waals surface area contributed by atoms with Crippen molar-refractivity contribution in [3.63, 3.8) is 0 Å². The maximum absolute atomic E-state index is 11.0. The van der Waals surface area contributed by atoms with E-state index in [2.05, 4.69) is 4.98 Å². The second-order valence-electron chi connectivity index (χ2n) is 2.89. The van der Waals surface area contributed by atoms with E-state index in [0.29, 0.717) is 5.02 Å². The van der Waals surface area contributed by atoms with Crippen LogP contribution in [0.25, 0.3) is 10.8 Å². The lowest BCUT2D eigenvalue weighted by Gasteiger charge is -2.01. The van der Waals surface area contributed by atoms with Gasteiger partial charge in [0, 0.05) is 16.6 Å². The number of primary amides is 1. The number of pyridine rings is 1. The summed E-state index contributed by atoms with van der Waals surface area (Å²) in [6.45, 7) is 0. The number of nitrogens with zero attached hydrogens (tertiary/aromatic N) is 1. The Labute approximate surface area is 85.5 Å². The third-order valence-corrected chi connectivity index (χ3v) is 2.19. The molecule has 0 unspecified atom stereocenters. The average Bonchev–Trinajstić information content (AvgIpc) is 2.16. The second kappa shape index (κ2) is 3.27. The Morgan fingerprint density at radius 3 is 2.86 bits per heavy atom. The van der Waals surface area contributed by atoms with E-state index in [1.165, 1.54) is 0 Å². The Morgan fingerprint density at radius 2 is 2.14 bits per heavy atom. The molecule has 1 heterocycles. The van der Waals surface area contributed by atoms with Gasteiger partial charge in [0.05, 0.1) is 0 Å². The fourth-order valence-corrected chi connectivity index (χ4v) is 1.53. The minimum absolute atomic E-state index is 0.277. The maximum atomic E-state index is 11.0. The normalized spacial score (nSPS) is 10.4. The van der Waals surface area contributed by atoms with Gasteiger partial charge in [-0.25, -0.2) is 0 Å². The highest BCUT2D eigenvalue weighted by molar-refractivity contribution is 6.31. The number of nitrogens with two attached hydrogens (primary N) is 1. The van der Waals surface area contributed by atoms with Crippen LogP contribution in [-0.4, -0.2) is 10.9 Å². The molecule has 1 aromatic carbocycles. The molecule has 0 atom stereocenters. The Balaban J connectivity index is 2.81. The molecule has 0 fully saturated rings. The zero-order chi connectivity index (χ0) is 10.1. The first kappa shape index (κ1) is 8.97. The molecule has 0 aliphatic carbocycles. The summed E-state index contributed by atoms with van der Waals surface area (Å²) in [4.78, 5) is 14.9. The molecule has 0 bridgehead atoms. The molecule has 1 aromatic heterocycles. The first-order chi connectivity index (χ1) is 6.68. The monoisotopic (exact) mass is 206 g/mol. The zero-order valence-electron chi connectivity index (χ0n) is 7.20.